The van der Waals surface area contributed by atoms with Gasteiger partial charge in [-0.1, -0.05) is 19.8 Å². The van der Waals surface area contributed by atoms with E-state index < -0.39 is 0 Å². The molecular weight excluding hydrogens is 174 g/mol. The van der Waals surface area contributed by atoms with Gasteiger partial charge in [0.2, 0.25) is 0 Å². The zero-order valence-electron chi connectivity index (χ0n) is 9.28. The maximum absolute atomic E-state index is 10.1. The third-order valence-corrected chi connectivity index (χ3v) is 3.92. The summed E-state index contributed by atoms with van der Waals surface area (Å²) in [5.41, 5.74) is 0. The highest BCUT2D eigenvalue weighted by Crippen LogP contribution is 2.31. The first-order valence-corrected chi connectivity index (χ1v) is 6.16. The predicted octanol–water partition coefficient (Wildman–Crippen LogP) is 1.88. The summed E-state index contributed by atoms with van der Waals surface area (Å²) in [6, 6.07) is 0. The van der Waals surface area contributed by atoms with Crippen LogP contribution in [0.2, 0.25) is 0 Å². The fraction of sp³-hybridized carbons (Fsp3) is 1.00. The number of likely N-dealkylation sites (tertiary alicyclic amines) is 1. The normalized spacial score (nSPS) is 36.4. The lowest BCUT2D eigenvalue weighted by molar-refractivity contribution is 0.0213. The highest BCUT2D eigenvalue weighted by Gasteiger charge is 2.27. The van der Waals surface area contributed by atoms with Crippen molar-refractivity contribution < 1.29 is 5.11 Å². The van der Waals surface area contributed by atoms with Crippen LogP contribution in [0, 0.1) is 11.8 Å². The van der Waals surface area contributed by atoms with E-state index in [9.17, 15) is 5.11 Å². The molecule has 0 spiro atoms. The second kappa shape index (κ2) is 4.63. The second-order valence-corrected chi connectivity index (χ2v) is 5.25. The Kier molecular flexibility index (Phi) is 3.45. The van der Waals surface area contributed by atoms with Gasteiger partial charge in [-0.3, -0.25) is 0 Å². The van der Waals surface area contributed by atoms with Gasteiger partial charge in [0.15, 0.2) is 0 Å². The summed E-state index contributed by atoms with van der Waals surface area (Å²) in [5, 5.41) is 10.1. The van der Waals surface area contributed by atoms with E-state index >= 15 is 0 Å². The van der Waals surface area contributed by atoms with Crippen LogP contribution in [0.25, 0.3) is 0 Å². The monoisotopic (exact) mass is 197 g/mol. The van der Waals surface area contributed by atoms with Gasteiger partial charge in [-0.2, -0.15) is 0 Å². The van der Waals surface area contributed by atoms with Gasteiger partial charge < -0.3 is 10.0 Å². The predicted molar refractivity (Wildman–Crippen MR) is 58.2 cm³/mol. The Labute approximate surface area is 87.3 Å². The van der Waals surface area contributed by atoms with Crippen molar-refractivity contribution in [2.45, 2.75) is 45.1 Å². The molecule has 0 amide bonds. The summed E-state index contributed by atoms with van der Waals surface area (Å²) < 4.78 is 0. The molecule has 2 rings (SSSR count). The van der Waals surface area contributed by atoms with E-state index in [1.807, 2.05) is 0 Å². The second-order valence-electron chi connectivity index (χ2n) is 5.25. The average molecular weight is 197 g/mol. The van der Waals surface area contributed by atoms with Crippen LogP contribution in [0.1, 0.15) is 39.0 Å². The van der Waals surface area contributed by atoms with Crippen molar-refractivity contribution in [1.29, 1.82) is 0 Å². The fourth-order valence-corrected chi connectivity index (χ4v) is 2.81. The number of aliphatic hydroxyl groups excluding tert-OH is 1. The molecule has 2 heteroatoms. The van der Waals surface area contributed by atoms with Crippen molar-refractivity contribution in [3.8, 4) is 0 Å². The van der Waals surface area contributed by atoms with Gasteiger partial charge in [0.05, 0.1) is 6.10 Å². The molecule has 0 aromatic heterocycles. The van der Waals surface area contributed by atoms with Crippen LogP contribution in [-0.4, -0.2) is 35.7 Å². The summed E-state index contributed by atoms with van der Waals surface area (Å²) in [5.74, 6) is 1.42. The molecule has 1 saturated heterocycles. The molecule has 1 heterocycles. The van der Waals surface area contributed by atoms with Gasteiger partial charge in [0, 0.05) is 6.54 Å². The molecule has 14 heavy (non-hydrogen) atoms. The molecule has 2 aliphatic rings. The summed E-state index contributed by atoms with van der Waals surface area (Å²) in [6.07, 6.45) is 6.45. The molecule has 2 fully saturated rings. The number of rotatable bonds is 3. The Morgan fingerprint density at radius 1 is 1.29 bits per heavy atom. The lowest BCUT2D eigenvalue weighted by Gasteiger charge is -2.37. The maximum Gasteiger partial charge on any atom is 0.0695 e. The minimum Gasteiger partial charge on any atom is -0.392 e. The zero-order valence-corrected chi connectivity index (χ0v) is 9.28. The van der Waals surface area contributed by atoms with Crippen LogP contribution in [0.4, 0.5) is 0 Å². The van der Waals surface area contributed by atoms with Crippen molar-refractivity contribution in [3.63, 3.8) is 0 Å². The van der Waals surface area contributed by atoms with Crippen LogP contribution < -0.4 is 0 Å². The number of nitrogens with zero attached hydrogens (tertiary/aromatic N) is 1. The molecule has 1 N–H and O–H groups in total. The molecule has 82 valence electrons. The molecule has 0 bridgehead atoms. The number of hydrogen-bond donors (Lipinski definition) is 1. The largest absolute Gasteiger partial charge is 0.392 e. The summed E-state index contributed by atoms with van der Waals surface area (Å²) in [4.78, 5) is 2.38. The van der Waals surface area contributed by atoms with Gasteiger partial charge in [-0.05, 0) is 44.2 Å². The topological polar surface area (TPSA) is 23.5 Å². The van der Waals surface area contributed by atoms with Gasteiger partial charge in [0.1, 0.15) is 0 Å². The van der Waals surface area contributed by atoms with E-state index in [2.05, 4.69) is 11.8 Å². The molecule has 0 aromatic carbocycles. The average Bonchev–Trinajstić information content (AvgIpc) is 2.11. The van der Waals surface area contributed by atoms with E-state index in [1.54, 1.807) is 0 Å². The minimum absolute atomic E-state index is 0.0574. The van der Waals surface area contributed by atoms with E-state index in [0.29, 0.717) is 5.92 Å². The molecular formula is C12H23NO. The Balaban J connectivity index is 1.74. The van der Waals surface area contributed by atoms with Crippen LogP contribution in [-0.2, 0) is 0 Å². The smallest absolute Gasteiger partial charge is 0.0695 e. The van der Waals surface area contributed by atoms with E-state index in [4.69, 9.17) is 0 Å². The van der Waals surface area contributed by atoms with Crippen molar-refractivity contribution in [2.75, 3.05) is 19.6 Å². The zero-order chi connectivity index (χ0) is 9.97. The lowest BCUT2D eigenvalue weighted by atomic mass is 9.79. The molecule has 1 aliphatic heterocycles. The fourth-order valence-electron chi connectivity index (χ4n) is 2.81. The third-order valence-electron chi connectivity index (χ3n) is 3.92. The Bertz CT molecular complexity index is 179. The highest BCUT2D eigenvalue weighted by atomic mass is 16.3. The van der Waals surface area contributed by atoms with Crippen molar-refractivity contribution in [1.82, 2.24) is 4.90 Å². The van der Waals surface area contributed by atoms with Crippen molar-refractivity contribution >= 4 is 0 Å². The molecule has 3 unspecified atom stereocenters. The Morgan fingerprint density at radius 3 is 2.64 bits per heavy atom. The first-order chi connectivity index (χ1) is 6.75. The quantitative estimate of drug-likeness (QED) is 0.746. The van der Waals surface area contributed by atoms with Crippen LogP contribution in [0.3, 0.4) is 0 Å². The first kappa shape index (κ1) is 10.4. The molecule has 0 aromatic rings. The molecule has 1 aliphatic carbocycles. The minimum atomic E-state index is -0.0574. The highest BCUT2D eigenvalue weighted by molar-refractivity contribution is 4.80. The maximum atomic E-state index is 10.1. The summed E-state index contributed by atoms with van der Waals surface area (Å²) in [7, 11) is 0. The third kappa shape index (κ3) is 2.48. The Hall–Kier alpha value is -0.0800. The van der Waals surface area contributed by atoms with Gasteiger partial charge in [-0.25, -0.2) is 0 Å². The first-order valence-electron chi connectivity index (χ1n) is 6.16. The SMILES string of the molecule is CC1CCCC(C(O)CN2CCC2)C1. The van der Waals surface area contributed by atoms with Crippen LogP contribution >= 0.6 is 0 Å². The van der Waals surface area contributed by atoms with E-state index in [-0.39, 0.29) is 6.10 Å². The van der Waals surface area contributed by atoms with Crippen molar-refractivity contribution in [2.24, 2.45) is 11.8 Å². The Morgan fingerprint density at radius 2 is 2.07 bits per heavy atom. The molecule has 2 nitrogen and oxygen atoms in total. The van der Waals surface area contributed by atoms with E-state index in [1.165, 1.54) is 45.2 Å². The van der Waals surface area contributed by atoms with Crippen molar-refractivity contribution in [3.05, 3.63) is 0 Å². The van der Waals surface area contributed by atoms with E-state index in [0.717, 1.165) is 12.5 Å². The summed E-state index contributed by atoms with van der Waals surface area (Å²) in [6.45, 7) is 5.67. The number of β-amino-alcohol motifs (C(OH)–C–C–N with tert-alkyl or cyclic N) is 1. The number of hydrogen-bond acceptors (Lipinski definition) is 2. The lowest BCUT2D eigenvalue weighted by Crippen LogP contribution is -2.44. The van der Waals surface area contributed by atoms with Crippen LogP contribution in [0.15, 0.2) is 0 Å². The standard InChI is InChI=1S/C12H23NO/c1-10-4-2-5-11(8-10)12(14)9-13-6-3-7-13/h10-12,14H,2-9H2,1H3. The van der Waals surface area contributed by atoms with Gasteiger partial charge in [-0.15, -0.1) is 0 Å². The van der Waals surface area contributed by atoms with Gasteiger partial charge >= 0.3 is 0 Å². The number of aliphatic hydroxyl groups is 1. The summed E-state index contributed by atoms with van der Waals surface area (Å²) >= 11 is 0. The molecule has 0 radical (unpaired) electrons. The van der Waals surface area contributed by atoms with Crippen LogP contribution in [0.5, 0.6) is 0 Å². The molecule has 1 saturated carbocycles. The van der Waals surface area contributed by atoms with Gasteiger partial charge in [0.25, 0.3) is 0 Å². The molecule has 3 atom stereocenters.